The molecule has 0 aromatic heterocycles. The van der Waals surface area contributed by atoms with Gasteiger partial charge in [-0.25, -0.2) is 0 Å². The summed E-state index contributed by atoms with van der Waals surface area (Å²) in [6.45, 7) is 8.76. The van der Waals surface area contributed by atoms with Crippen LogP contribution in [0, 0.1) is 0 Å². The Hall–Kier alpha value is 0. The Kier molecular flexibility index (Phi) is 52.7. The van der Waals surface area contributed by atoms with Crippen LogP contribution in [0.3, 0.4) is 0 Å². The molecule has 0 fully saturated rings. The van der Waals surface area contributed by atoms with Crippen molar-refractivity contribution in [3.8, 4) is 0 Å². The van der Waals surface area contributed by atoms with E-state index in [2.05, 4.69) is 27.7 Å². The molecule has 13 heavy (non-hydrogen) atoms. The molecule has 0 saturated heterocycles. The van der Waals surface area contributed by atoms with Gasteiger partial charge in [0.1, 0.15) is 0 Å². The lowest BCUT2D eigenvalue weighted by Crippen LogP contribution is -1.73. The van der Waals surface area contributed by atoms with E-state index in [4.69, 9.17) is 0 Å². The summed E-state index contributed by atoms with van der Waals surface area (Å²) in [4.78, 5) is 0. The van der Waals surface area contributed by atoms with Crippen molar-refractivity contribution in [2.24, 2.45) is 0 Å². The van der Waals surface area contributed by atoms with Crippen molar-refractivity contribution in [2.75, 3.05) is 0 Å². The topological polar surface area (TPSA) is 0 Å². The first-order valence-corrected chi connectivity index (χ1v) is 5.33. The number of hydrogen-bond acceptors (Lipinski definition) is 0. The molecule has 0 atom stereocenters. The van der Waals surface area contributed by atoms with Gasteiger partial charge in [0.15, 0.2) is 0 Å². The van der Waals surface area contributed by atoms with E-state index in [0.717, 1.165) is 0 Å². The highest BCUT2D eigenvalue weighted by Gasteiger charge is 1.83. The molecule has 0 aromatic carbocycles. The van der Waals surface area contributed by atoms with Crippen LogP contribution in [0.4, 0.5) is 0 Å². The van der Waals surface area contributed by atoms with E-state index in [1.807, 2.05) is 0 Å². The Morgan fingerprint density at radius 2 is 0.769 bits per heavy atom. The summed E-state index contributed by atoms with van der Waals surface area (Å²) >= 11 is 0. The second kappa shape index (κ2) is 29.6. The minimum absolute atomic E-state index is 0. The van der Waals surface area contributed by atoms with E-state index in [-0.39, 0.29) is 14.9 Å². The van der Waals surface area contributed by atoms with Gasteiger partial charge in [-0.2, -0.15) is 0 Å². The van der Waals surface area contributed by atoms with Gasteiger partial charge in [0, 0.05) is 0 Å². The predicted molar refractivity (Wildman–Crippen MR) is 68.5 cm³/mol. The van der Waals surface area contributed by atoms with Gasteiger partial charge >= 0.3 is 0 Å². The van der Waals surface area contributed by atoms with Gasteiger partial charge in [-0.3, -0.25) is 0 Å². The summed E-state index contributed by atoms with van der Waals surface area (Å²) in [7, 11) is 0. The van der Waals surface area contributed by atoms with Gasteiger partial charge in [0.25, 0.3) is 0 Å². The highest BCUT2D eigenvalue weighted by atomic mass is 13.9. The highest BCUT2D eigenvalue weighted by molar-refractivity contribution is 4.39. The van der Waals surface area contributed by atoms with Gasteiger partial charge in [-0.1, -0.05) is 87.5 Å². The minimum atomic E-state index is 0. The first-order valence-electron chi connectivity index (χ1n) is 5.33. The molecule has 0 nitrogen and oxygen atoms in total. The second-order valence-corrected chi connectivity index (χ2v) is 3.12. The van der Waals surface area contributed by atoms with Crippen LogP contribution < -0.4 is 0 Å². The van der Waals surface area contributed by atoms with E-state index in [9.17, 15) is 0 Å². The molecule has 86 valence electrons. The summed E-state index contributed by atoms with van der Waals surface area (Å²) in [5, 5.41) is 0. The van der Waals surface area contributed by atoms with Crippen LogP contribution in [-0.4, -0.2) is 0 Å². The molecule has 0 aliphatic carbocycles. The van der Waals surface area contributed by atoms with Crippen molar-refractivity contribution in [3.05, 3.63) is 0 Å². The number of hydrogen-bond donors (Lipinski definition) is 0. The van der Waals surface area contributed by atoms with Gasteiger partial charge < -0.3 is 0 Å². The zero-order valence-corrected chi connectivity index (χ0v) is 8.95. The third kappa shape index (κ3) is 48.0. The molecule has 0 radical (unpaired) electrons. The minimum Gasteiger partial charge on any atom is -0.0776 e. The Balaban J connectivity index is -0.0000000720. The summed E-state index contributed by atoms with van der Waals surface area (Å²) < 4.78 is 0. The zero-order valence-electron chi connectivity index (χ0n) is 8.95. The van der Waals surface area contributed by atoms with Crippen LogP contribution in [0.1, 0.15) is 87.5 Å². The fourth-order valence-electron chi connectivity index (χ4n) is 0.854. The number of unbranched alkanes of at least 4 members (excludes halogenated alkanes) is 5. The molecule has 0 aliphatic rings. The van der Waals surface area contributed by atoms with Crippen molar-refractivity contribution in [1.82, 2.24) is 0 Å². The van der Waals surface area contributed by atoms with Crippen molar-refractivity contribution < 1.29 is 0 Å². The standard InChI is InChI=1S/C8H18.C3H8.2CH4/c1-3-5-7-8-6-4-2;1-3-2;;/h3-8H2,1-2H3;3H2,1-2H3;2*1H4. The molecule has 0 aromatic rings. The summed E-state index contributed by atoms with van der Waals surface area (Å²) in [6, 6.07) is 0. The maximum absolute atomic E-state index is 2.26. The molecule has 0 N–H and O–H groups in total. The van der Waals surface area contributed by atoms with Crippen molar-refractivity contribution in [3.63, 3.8) is 0 Å². The van der Waals surface area contributed by atoms with Gasteiger partial charge in [0.2, 0.25) is 0 Å². The molecule has 0 heteroatoms. The van der Waals surface area contributed by atoms with Crippen molar-refractivity contribution in [2.45, 2.75) is 87.5 Å². The monoisotopic (exact) mass is 190 g/mol. The lowest BCUT2D eigenvalue weighted by atomic mass is 10.1. The smallest absolute Gasteiger partial charge is 0.0533 e. The average molecular weight is 190 g/mol. The van der Waals surface area contributed by atoms with Gasteiger partial charge in [-0.15, -0.1) is 0 Å². The van der Waals surface area contributed by atoms with Crippen LogP contribution in [-0.2, 0) is 0 Å². The molecule has 0 aliphatic heterocycles. The Morgan fingerprint density at radius 1 is 0.538 bits per heavy atom. The zero-order chi connectivity index (χ0) is 8.95. The van der Waals surface area contributed by atoms with E-state index in [0.29, 0.717) is 0 Å². The number of rotatable bonds is 5. The van der Waals surface area contributed by atoms with Crippen LogP contribution in [0.15, 0.2) is 0 Å². The third-order valence-electron chi connectivity index (χ3n) is 1.46. The van der Waals surface area contributed by atoms with Gasteiger partial charge in [0.05, 0.1) is 0 Å². The largest absolute Gasteiger partial charge is 0.0776 e. The Bertz CT molecular complexity index is 33.3. The molecular formula is C13H34. The normalized spacial score (nSPS) is 7.38. The molecule has 0 bridgehead atoms. The quantitative estimate of drug-likeness (QED) is 0.463. The van der Waals surface area contributed by atoms with Crippen molar-refractivity contribution in [1.29, 1.82) is 0 Å². The van der Waals surface area contributed by atoms with Crippen LogP contribution in [0.5, 0.6) is 0 Å². The van der Waals surface area contributed by atoms with Crippen LogP contribution in [0.2, 0.25) is 0 Å². The molecule has 0 spiro atoms. The van der Waals surface area contributed by atoms with E-state index >= 15 is 0 Å². The third-order valence-corrected chi connectivity index (χ3v) is 1.46. The Morgan fingerprint density at radius 3 is 0.923 bits per heavy atom. The SMILES string of the molecule is C.C.CCC.CCCCCCCC. The molecule has 0 amide bonds. The maximum Gasteiger partial charge on any atom is -0.0533 e. The van der Waals surface area contributed by atoms with Gasteiger partial charge in [-0.05, 0) is 0 Å². The lowest BCUT2D eigenvalue weighted by Gasteiger charge is -1.93. The summed E-state index contributed by atoms with van der Waals surface area (Å²) in [6.07, 6.45) is 9.74. The van der Waals surface area contributed by atoms with E-state index in [1.54, 1.807) is 0 Å². The van der Waals surface area contributed by atoms with Crippen LogP contribution >= 0.6 is 0 Å². The van der Waals surface area contributed by atoms with E-state index < -0.39 is 0 Å². The average Bonchev–Trinajstić information content (AvgIpc) is 2.00. The fourth-order valence-corrected chi connectivity index (χ4v) is 0.854. The first-order chi connectivity index (χ1) is 5.33. The predicted octanol–water partition coefficient (Wildman–Crippen LogP) is 6.06. The second-order valence-electron chi connectivity index (χ2n) is 3.12. The molecule has 0 rings (SSSR count). The molecule has 0 unspecified atom stereocenters. The molecule has 0 heterocycles. The molecule has 0 saturated carbocycles. The lowest BCUT2D eigenvalue weighted by molar-refractivity contribution is 0.624. The highest BCUT2D eigenvalue weighted by Crippen LogP contribution is 2.03. The maximum atomic E-state index is 2.26. The fraction of sp³-hybridized carbons (Fsp3) is 1.00. The summed E-state index contributed by atoms with van der Waals surface area (Å²) in [5.41, 5.74) is 0. The Labute approximate surface area is 88.1 Å². The molecular weight excluding hydrogens is 156 g/mol. The summed E-state index contributed by atoms with van der Waals surface area (Å²) in [5.74, 6) is 0. The first kappa shape index (κ1) is 23.1. The van der Waals surface area contributed by atoms with Crippen LogP contribution in [0.25, 0.3) is 0 Å². The van der Waals surface area contributed by atoms with E-state index in [1.165, 1.54) is 44.9 Å². The van der Waals surface area contributed by atoms with Crippen molar-refractivity contribution >= 4 is 0 Å².